The highest BCUT2D eigenvalue weighted by Gasteiger charge is 2.16. The molecule has 0 aliphatic heterocycles. The number of hydrogen-bond acceptors (Lipinski definition) is 14. The Morgan fingerprint density at radius 3 is 1.60 bits per heavy atom. The van der Waals surface area contributed by atoms with Gasteiger partial charge >= 0.3 is 5.97 Å². The largest absolute Gasteiger partial charge is 0.491 e. The number of thiophene rings is 4. The summed E-state index contributed by atoms with van der Waals surface area (Å²) in [5.41, 5.74) is 4.68. The second kappa shape index (κ2) is 20.2. The summed E-state index contributed by atoms with van der Waals surface area (Å²) in [4.78, 5) is 28.0. The molecule has 7 aromatic rings. The summed E-state index contributed by atoms with van der Waals surface area (Å²) >= 11 is 6.25. The summed E-state index contributed by atoms with van der Waals surface area (Å²) < 4.78 is 30.9. The van der Waals surface area contributed by atoms with Crippen molar-refractivity contribution in [3.05, 3.63) is 118 Å². The number of anilines is 3. The smallest absolute Gasteiger partial charge is 0.346 e. The SMILES string of the molecule is COCCOCCOCCOc1ccc(N(c2ccc(-c3cc4sc(C=C(C#N)OC=O)cc4s3)cc2)c2ccc(-c3cc4sc(C=C(C#N)C(=O)O)cc4s3)cc2)cc1. The molecule has 0 spiro atoms. The number of nitriles is 2. The number of methoxy groups -OCH3 is 1. The highest BCUT2D eigenvalue weighted by molar-refractivity contribution is 7.30. The minimum atomic E-state index is -1.24. The van der Waals surface area contributed by atoms with E-state index in [-0.39, 0.29) is 17.8 Å². The van der Waals surface area contributed by atoms with Gasteiger partial charge in [-0.3, -0.25) is 4.79 Å². The third-order valence-corrected chi connectivity index (χ3v) is 13.4. The normalized spacial score (nSPS) is 11.7. The fourth-order valence-electron chi connectivity index (χ4n) is 6.06. The van der Waals surface area contributed by atoms with Crippen LogP contribution in [0.1, 0.15) is 9.75 Å². The van der Waals surface area contributed by atoms with Crippen LogP contribution in [-0.2, 0) is 28.5 Å². The van der Waals surface area contributed by atoms with Crippen LogP contribution in [0, 0.1) is 22.7 Å². The van der Waals surface area contributed by atoms with Crippen LogP contribution >= 0.6 is 45.3 Å². The number of carboxylic acids is 1. The van der Waals surface area contributed by atoms with Crippen LogP contribution in [0.4, 0.5) is 17.1 Å². The highest BCUT2D eigenvalue weighted by atomic mass is 32.1. The van der Waals surface area contributed by atoms with Crippen LogP contribution in [0.25, 0.3) is 51.8 Å². The number of carbonyl (C=O) groups excluding carboxylic acids is 1. The monoisotopic (exact) mass is 873 g/mol. The predicted octanol–water partition coefficient (Wildman–Crippen LogP) is 11.1. The van der Waals surface area contributed by atoms with Crippen LogP contribution < -0.4 is 9.64 Å². The van der Waals surface area contributed by atoms with Crippen molar-refractivity contribution in [2.24, 2.45) is 0 Å². The molecule has 1 N–H and O–H groups in total. The van der Waals surface area contributed by atoms with Crippen molar-refractivity contribution in [3.8, 4) is 38.8 Å². The van der Waals surface area contributed by atoms with Crippen molar-refractivity contribution >= 4 is 106 Å². The van der Waals surface area contributed by atoms with Crippen LogP contribution in [0.5, 0.6) is 5.75 Å². The number of allylic oxidation sites excluding steroid dienone is 1. The van der Waals surface area contributed by atoms with Gasteiger partial charge in [0.2, 0.25) is 5.76 Å². The fraction of sp³-hybridized carbons (Fsp3) is 0.156. The number of aliphatic carboxylic acids is 1. The van der Waals surface area contributed by atoms with Crippen LogP contribution in [0.3, 0.4) is 0 Å². The lowest BCUT2D eigenvalue weighted by Crippen LogP contribution is -2.12. The molecule has 0 aliphatic carbocycles. The molecule has 7 rings (SSSR count). The van der Waals surface area contributed by atoms with Gasteiger partial charge in [-0.1, -0.05) is 24.3 Å². The number of hydrogen-bond donors (Lipinski definition) is 1. The van der Waals surface area contributed by atoms with Gasteiger partial charge in [0, 0.05) is 68.6 Å². The van der Waals surface area contributed by atoms with Gasteiger partial charge in [0.05, 0.1) is 33.0 Å². The van der Waals surface area contributed by atoms with Gasteiger partial charge in [-0.2, -0.15) is 10.5 Å². The maximum Gasteiger partial charge on any atom is 0.346 e. The van der Waals surface area contributed by atoms with Crippen LogP contribution in [-0.4, -0.2) is 64.3 Å². The lowest BCUT2D eigenvalue weighted by atomic mass is 10.1. The second-order valence-electron chi connectivity index (χ2n) is 12.8. The van der Waals surface area contributed by atoms with E-state index in [9.17, 15) is 20.0 Å². The van der Waals surface area contributed by atoms with Gasteiger partial charge in [0.25, 0.3) is 6.47 Å². The van der Waals surface area contributed by atoms with Crippen molar-refractivity contribution < 1.29 is 38.4 Å². The van der Waals surface area contributed by atoms with Crippen molar-refractivity contribution in [1.82, 2.24) is 0 Å². The Hall–Kier alpha value is -6.14. The molecule has 11 nitrogen and oxygen atoms in total. The fourth-order valence-corrected chi connectivity index (χ4v) is 10.8. The summed E-state index contributed by atoms with van der Waals surface area (Å²) in [6, 6.07) is 36.5. The second-order valence-corrected chi connectivity index (χ2v) is 17.2. The molecule has 0 atom stereocenters. The van der Waals surface area contributed by atoms with E-state index in [1.165, 1.54) is 28.7 Å². The Bertz CT molecular complexity index is 2670. The average Bonchev–Trinajstić information content (AvgIpc) is 4.04. The van der Waals surface area contributed by atoms with Gasteiger partial charge in [-0.15, -0.1) is 45.3 Å². The average molecular weight is 874 g/mol. The lowest BCUT2D eigenvalue weighted by Gasteiger charge is -2.26. The number of carbonyl (C=O) groups is 2. The lowest BCUT2D eigenvalue weighted by molar-refractivity contribution is -0.132. The van der Waals surface area contributed by atoms with E-state index >= 15 is 0 Å². The molecule has 0 aliphatic rings. The number of rotatable bonds is 20. The summed E-state index contributed by atoms with van der Waals surface area (Å²) in [6.07, 6.45) is 2.97. The standard InChI is InChI=1S/C45H35N3O8S4/c1-52-14-15-53-16-17-54-18-19-55-35-12-10-34(11-13-35)48(32-6-2-29(3-7-32)39-24-43-41(59-39)22-37(57-43)20-31(26-46)45(50)51)33-8-4-30(5-9-33)40-25-44-42(60-40)23-38(58-44)21-36(27-47)56-28-49/h2-13,20-25,28H,14-19H2,1H3,(H,50,51). The van der Waals surface area contributed by atoms with E-state index in [4.69, 9.17) is 28.9 Å². The molecule has 15 heteroatoms. The van der Waals surface area contributed by atoms with E-state index in [1.807, 2.05) is 42.5 Å². The zero-order valence-electron chi connectivity index (χ0n) is 32.0. The first-order valence-corrected chi connectivity index (χ1v) is 21.6. The number of carboxylic acid groups (broad SMARTS) is 1. The molecule has 0 saturated carbocycles. The highest BCUT2D eigenvalue weighted by Crippen LogP contribution is 2.43. The molecule has 302 valence electrons. The summed E-state index contributed by atoms with van der Waals surface area (Å²) in [7, 11) is 1.64. The first kappa shape index (κ1) is 42.0. The molecule has 0 amide bonds. The van der Waals surface area contributed by atoms with E-state index < -0.39 is 5.97 Å². The van der Waals surface area contributed by atoms with Crippen molar-refractivity contribution in [2.45, 2.75) is 0 Å². The van der Waals surface area contributed by atoms with Crippen molar-refractivity contribution in [2.75, 3.05) is 51.7 Å². The van der Waals surface area contributed by atoms with E-state index in [0.29, 0.717) is 39.6 Å². The summed E-state index contributed by atoms with van der Waals surface area (Å²) in [5.74, 6) is -0.569. The Morgan fingerprint density at radius 1 is 0.650 bits per heavy atom. The summed E-state index contributed by atoms with van der Waals surface area (Å²) in [5, 5.41) is 27.6. The van der Waals surface area contributed by atoms with E-state index in [0.717, 1.165) is 72.2 Å². The first-order chi connectivity index (χ1) is 29.3. The molecule has 0 fully saturated rings. The molecular formula is C45H35N3O8S4. The Kier molecular flexibility index (Phi) is 14.2. The number of benzene rings is 3. The maximum atomic E-state index is 11.3. The third-order valence-electron chi connectivity index (χ3n) is 8.86. The number of ether oxygens (including phenoxy) is 5. The van der Waals surface area contributed by atoms with Gasteiger partial charge in [0.15, 0.2) is 0 Å². The van der Waals surface area contributed by atoms with Crippen molar-refractivity contribution in [1.29, 1.82) is 10.5 Å². The summed E-state index contributed by atoms with van der Waals surface area (Å²) in [6.45, 7) is 3.15. The maximum absolute atomic E-state index is 11.3. The minimum Gasteiger partial charge on any atom is -0.491 e. The van der Waals surface area contributed by atoms with Crippen molar-refractivity contribution in [3.63, 3.8) is 0 Å². The van der Waals surface area contributed by atoms with Gasteiger partial charge in [-0.05, 0) is 90.0 Å². The third kappa shape index (κ3) is 10.3. The zero-order valence-corrected chi connectivity index (χ0v) is 35.3. The Morgan fingerprint density at radius 2 is 1.13 bits per heavy atom. The minimum absolute atomic E-state index is 0.0529. The van der Waals surface area contributed by atoms with Crippen LogP contribution in [0.15, 0.2) is 108 Å². The van der Waals surface area contributed by atoms with Crippen LogP contribution in [0.2, 0.25) is 0 Å². The first-order valence-electron chi connectivity index (χ1n) is 18.4. The Balaban J connectivity index is 1.10. The molecule has 0 radical (unpaired) electrons. The van der Waals surface area contributed by atoms with Gasteiger partial charge in [0.1, 0.15) is 30.1 Å². The molecule has 60 heavy (non-hydrogen) atoms. The molecule has 0 unspecified atom stereocenters. The van der Waals surface area contributed by atoms with Gasteiger partial charge in [-0.25, -0.2) is 4.79 Å². The number of nitrogens with zero attached hydrogens (tertiary/aromatic N) is 3. The number of fused-ring (bicyclic) bond motifs is 2. The quantitative estimate of drug-likeness (QED) is 0.0256. The molecule has 4 heterocycles. The molecule has 3 aromatic carbocycles. The topological polar surface area (TPSA) is 151 Å². The predicted molar refractivity (Wildman–Crippen MR) is 239 cm³/mol. The Labute approximate surface area is 361 Å². The zero-order chi connectivity index (χ0) is 41.8. The van der Waals surface area contributed by atoms with Gasteiger partial charge < -0.3 is 33.7 Å². The molecule has 0 bridgehead atoms. The molecule has 4 aromatic heterocycles. The molecule has 0 saturated heterocycles. The van der Waals surface area contributed by atoms with E-state index in [2.05, 4.69) is 65.6 Å². The molecular weight excluding hydrogens is 839 g/mol. The van der Waals surface area contributed by atoms with E-state index in [1.54, 1.807) is 41.9 Å².